The second-order valence-corrected chi connectivity index (χ2v) is 5.55. The molecule has 0 radical (unpaired) electrons. The Morgan fingerprint density at radius 1 is 1.14 bits per heavy atom. The predicted molar refractivity (Wildman–Crippen MR) is 128 cm³/mol. The summed E-state index contributed by atoms with van der Waals surface area (Å²) in [4.78, 5) is 17.5. The van der Waals surface area contributed by atoms with Gasteiger partial charge in [0.15, 0.2) is 0 Å². The molecule has 3 rings (SSSR count). The smallest absolute Gasteiger partial charge is 0.258 e. The molecule has 1 N–H and O–H groups in total. The number of benzene rings is 1. The Labute approximate surface area is 177 Å². The van der Waals surface area contributed by atoms with E-state index in [1.54, 1.807) is 17.1 Å². The number of para-hydroxylation sites is 1. The van der Waals surface area contributed by atoms with Crippen LogP contribution in [0.15, 0.2) is 66.0 Å². The first-order chi connectivity index (χ1) is 14.1. The van der Waals surface area contributed by atoms with Crippen LogP contribution in [0.5, 0.6) is 0 Å². The number of hydrogen-bond acceptors (Lipinski definition) is 1. The van der Waals surface area contributed by atoms with Crippen LogP contribution in [0.2, 0.25) is 0 Å². The molecule has 0 fully saturated rings. The zero-order valence-electron chi connectivity index (χ0n) is 19.1. The maximum absolute atomic E-state index is 12.5. The minimum atomic E-state index is -0.0289. The van der Waals surface area contributed by atoms with Crippen molar-refractivity contribution >= 4 is 16.8 Å². The quantitative estimate of drug-likeness (QED) is 0.581. The van der Waals surface area contributed by atoms with Gasteiger partial charge in [-0.15, -0.1) is 6.42 Å². The molecule has 0 spiro atoms. The van der Waals surface area contributed by atoms with E-state index in [4.69, 9.17) is 6.42 Å². The molecule has 0 atom stereocenters. The van der Waals surface area contributed by atoms with Gasteiger partial charge >= 0.3 is 0 Å². The van der Waals surface area contributed by atoms with Crippen molar-refractivity contribution < 1.29 is 4.79 Å². The fourth-order valence-corrected chi connectivity index (χ4v) is 2.92. The largest absolute Gasteiger partial charge is 0.361 e. The summed E-state index contributed by atoms with van der Waals surface area (Å²) in [6.45, 7) is 18.5. The van der Waals surface area contributed by atoms with Crippen LogP contribution >= 0.6 is 0 Å². The monoisotopic (exact) mass is 392 g/mol. The fourth-order valence-electron chi connectivity index (χ4n) is 2.92. The normalized spacial score (nSPS) is 12.7. The van der Waals surface area contributed by atoms with Gasteiger partial charge in [0.1, 0.15) is 0 Å². The van der Waals surface area contributed by atoms with Gasteiger partial charge < -0.3 is 9.88 Å². The lowest BCUT2D eigenvalue weighted by Crippen LogP contribution is -2.27. The number of aromatic nitrogens is 1. The van der Waals surface area contributed by atoms with Crippen LogP contribution in [0.25, 0.3) is 10.9 Å². The third kappa shape index (κ3) is 6.26. The molecule has 0 aliphatic carbocycles. The second-order valence-electron chi connectivity index (χ2n) is 5.55. The minimum absolute atomic E-state index is 0.0289. The molecule has 3 nitrogen and oxygen atoms in total. The van der Waals surface area contributed by atoms with Crippen molar-refractivity contribution in [1.29, 1.82) is 0 Å². The zero-order valence-corrected chi connectivity index (χ0v) is 19.1. The molecule has 29 heavy (non-hydrogen) atoms. The summed E-state index contributed by atoms with van der Waals surface area (Å²) in [7, 11) is 0. The Bertz CT molecular complexity index is 891. The number of terminal acetylenes is 1. The van der Waals surface area contributed by atoms with Crippen LogP contribution < -0.4 is 0 Å². The Kier molecular flexibility index (Phi) is 12.6. The van der Waals surface area contributed by atoms with E-state index in [-0.39, 0.29) is 5.91 Å². The highest BCUT2D eigenvalue weighted by molar-refractivity contribution is 6.02. The van der Waals surface area contributed by atoms with E-state index in [1.807, 2.05) is 72.9 Å². The lowest BCUT2D eigenvalue weighted by molar-refractivity contribution is -0.123. The molecule has 1 aliphatic heterocycles. The van der Waals surface area contributed by atoms with Crippen molar-refractivity contribution in [3.8, 4) is 12.3 Å². The number of aromatic amines is 1. The maximum Gasteiger partial charge on any atom is 0.258 e. The Morgan fingerprint density at radius 2 is 1.76 bits per heavy atom. The van der Waals surface area contributed by atoms with Crippen LogP contribution in [0.1, 0.15) is 54.0 Å². The van der Waals surface area contributed by atoms with Gasteiger partial charge in [0.2, 0.25) is 0 Å². The molecule has 2 heterocycles. The third-order valence-electron chi connectivity index (χ3n) is 4.26. The number of nitrogens with zero attached hydrogens (tertiary/aromatic N) is 1. The van der Waals surface area contributed by atoms with Gasteiger partial charge in [-0.3, -0.25) is 4.79 Å². The van der Waals surface area contributed by atoms with Crippen LogP contribution in [-0.2, 0) is 11.2 Å². The first-order valence-corrected chi connectivity index (χ1v) is 10.5. The molecule has 0 bridgehead atoms. The Balaban J connectivity index is 0.00000120. The number of nitrogens with one attached hydrogen (secondary N) is 1. The van der Waals surface area contributed by atoms with E-state index in [2.05, 4.69) is 23.5 Å². The molecule has 0 unspecified atom stereocenters. The number of hydrogen-bond donors (Lipinski definition) is 1. The van der Waals surface area contributed by atoms with Crippen molar-refractivity contribution in [3.63, 3.8) is 0 Å². The number of carbonyl (C=O) groups excluding carboxylic acids is 1. The highest BCUT2D eigenvalue weighted by Crippen LogP contribution is 2.29. The predicted octanol–water partition coefficient (Wildman–Crippen LogP) is 6.65. The van der Waals surface area contributed by atoms with E-state index in [0.29, 0.717) is 12.1 Å². The summed E-state index contributed by atoms with van der Waals surface area (Å²) in [5, 5.41) is 1.20. The molecule has 0 saturated carbocycles. The van der Waals surface area contributed by atoms with E-state index >= 15 is 0 Å². The molecule has 3 heteroatoms. The first kappa shape index (κ1) is 26.0. The summed E-state index contributed by atoms with van der Waals surface area (Å²) >= 11 is 0. The van der Waals surface area contributed by atoms with E-state index in [0.717, 1.165) is 23.2 Å². The van der Waals surface area contributed by atoms with Gasteiger partial charge in [0.05, 0.1) is 0 Å². The SMILES string of the molecule is C#C/C=C\C1=C(C)C(=C)N(CCc2c[nH]c3ccccc23)C1=O.CC.CC.CC. The van der Waals surface area contributed by atoms with Crippen LogP contribution in [0, 0.1) is 12.3 Å². The molecule has 0 saturated heterocycles. The van der Waals surface area contributed by atoms with Crippen molar-refractivity contribution in [2.45, 2.75) is 54.9 Å². The maximum atomic E-state index is 12.5. The first-order valence-electron chi connectivity index (χ1n) is 10.5. The van der Waals surface area contributed by atoms with Crippen molar-refractivity contribution in [2.75, 3.05) is 6.54 Å². The fraction of sp³-hybridized carbons (Fsp3) is 0.346. The van der Waals surface area contributed by atoms with Crippen LogP contribution in [-0.4, -0.2) is 22.3 Å². The third-order valence-corrected chi connectivity index (χ3v) is 4.26. The molecule has 1 amide bonds. The van der Waals surface area contributed by atoms with E-state index in [1.165, 1.54) is 10.9 Å². The molecule has 2 aromatic rings. The summed E-state index contributed by atoms with van der Waals surface area (Å²) < 4.78 is 0. The lowest BCUT2D eigenvalue weighted by atomic mass is 10.1. The molecule has 1 aromatic heterocycles. The summed E-state index contributed by atoms with van der Waals surface area (Å²) in [5.41, 5.74) is 4.59. The number of rotatable bonds is 4. The number of allylic oxidation sites excluding steroid dienone is 2. The van der Waals surface area contributed by atoms with Crippen LogP contribution in [0.4, 0.5) is 0 Å². The van der Waals surface area contributed by atoms with Gasteiger partial charge in [-0.1, -0.05) is 72.2 Å². The van der Waals surface area contributed by atoms with Gasteiger partial charge in [0.25, 0.3) is 5.91 Å². The van der Waals surface area contributed by atoms with Crippen molar-refractivity contribution in [1.82, 2.24) is 9.88 Å². The number of carbonyl (C=O) groups is 1. The minimum Gasteiger partial charge on any atom is -0.361 e. The highest BCUT2D eigenvalue weighted by atomic mass is 16.2. The van der Waals surface area contributed by atoms with Gasteiger partial charge in [-0.25, -0.2) is 0 Å². The van der Waals surface area contributed by atoms with Crippen LogP contribution in [0.3, 0.4) is 0 Å². The standard InChI is InChI=1S/C20H18N2O.3C2H6/c1-4-5-8-17-14(2)15(3)22(20(17)23)12-11-16-13-21-19-10-7-6-9-18(16)19;3*1-2/h1,5-10,13,21H,3,11-12H2,2H3;3*1-2H3/b8-5-;;;. The van der Waals surface area contributed by atoms with E-state index < -0.39 is 0 Å². The molecule has 1 aromatic carbocycles. The van der Waals surface area contributed by atoms with Crippen molar-refractivity contribution in [2.24, 2.45) is 0 Å². The average Bonchev–Trinajstić information content (AvgIpc) is 3.29. The lowest BCUT2D eigenvalue weighted by Gasteiger charge is -2.18. The van der Waals surface area contributed by atoms with Gasteiger partial charge in [-0.2, -0.15) is 0 Å². The Morgan fingerprint density at radius 3 is 2.38 bits per heavy atom. The van der Waals surface area contributed by atoms with Gasteiger partial charge in [-0.05, 0) is 42.7 Å². The summed E-state index contributed by atoms with van der Waals surface area (Å²) in [5.74, 6) is 2.39. The average molecular weight is 393 g/mol. The summed E-state index contributed by atoms with van der Waals surface area (Å²) in [6.07, 6.45) is 11.2. The molecular weight excluding hydrogens is 356 g/mol. The zero-order chi connectivity index (χ0) is 22.4. The number of fused-ring (bicyclic) bond motifs is 1. The number of H-pyrrole nitrogens is 1. The molecule has 156 valence electrons. The topological polar surface area (TPSA) is 36.1 Å². The molecule has 1 aliphatic rings. The second kappa shape index (κ2) is 14.1. The Hall–Kier alpha value is -2.99. The number of amides is 1. The van der Waals surface area contributed by atoms with E-state index in [9.17, 15) is 4.79 Å². The molecular formula is C26H36N2O. The van der Waals surface area contributed by atoms with Gasteiger partial charge in [0, 0.05) is 34.9 Å². The van der Waals surface area contributed by atoms with Crippen molar-refractivity contribution in [3.05, 3.63) is 71.6 Å². The summed E-state index contributed by atoms with van der Waals surface area (Å²) in [6, 6.07) is 8.17. The highest BCUT2D eigenvalue weighted by Gasteiger charge is 2.29.